The predicted octanol–water partition coefficient (Wildman–Crippen LogP) is 4.10. The molecule has 0 spiro atoms. The van der Waals surface area contributed by atoms with E-state index in [9.17, 15) is 14.3 Å². The molecule has 0 bridgehead atoms. The van der Waals surface area contributed by atoms with Crippen LogP contribution in [0.5, 0.6) is 5.75 Å². The predicted molar refractivity (Wildman–Crippen MR) is 85.1 cm³/mol. The maximum atomic E-state index is 13.8. The number of hydrogen-bond donors (Lipinski definition) is 1. The zero-order valence-electron chi connectivity index (χ0n) is 11.8. The van der Waals surface area contributed by atoms with Crippen LogP contribution in [-0.2, 0) is 6.54 Å². The van der Waals surface area contributed by atoms with Crippen LogP contribution in [0, 0.1) is 5.82 Å². The summed E-state index contributed by atoms with van der Waals surface area (Å²) in [4.78, 5) is 14.4. The number of halogens is 2. The summed E-state index contributed by atoms with van der Waals surface area (Å²) in [6, 6.07) is 11.3. The lowest BCUT2D eigenvalue weighted by Crippen LogP contribution is -2.33. The Kier molecular flexibility index (Phi) is 4.16. The van der Waals surface area contributed by atoms with E-state index in [2.05, 4.69) is 15.9 Å². The minimum Gasteiger partial charge on any atom is -0.507 e. The van der Waals surface area contributed by atoms with Crippen molar-refractivity contribution in [1.29, 1.82) is 0 Å². The van der Waals surface area contributed by atoms with Crippen molar-refractivity contribution in [3.05, 3.63) is 63.9 Å². The first-order chi connectivity index (χ1) is 10.6. The van der Waals surface area contributed by atoms with E-state index in [0.29, 0.717) is 5.56 Å². The molecule has 1 amide bonds. The van der Waals surface area contributed by atoms with Gasteiger partial charge in [0.1, 0.15) is 11.6 Å². The zero-order chi connectivity index (χ0) is 15.7. The Balaban J connectivity index is 1.90. The van der Waals surface area contributed by atoms with Crippen molar-refractivity contribution < 1.29 is 14.3 Å². The van der Waals surface area contributed by atoms with Gasteiger partial charge in [-0.2, -0.15) is 0 Å². The highest BCUT2D eigenvalue weighted by Gasteiger charge is 2.34. The van der Waals surface area contributed by atoms with E-state index in [4.69, 9.17) is 0 Å². The number of nitrogens with zero attached hydrogens (tertiary/aromatic N) is 1. The molecule has 5 heteroatoms. The molecule has 0 aliphatic heterocycles. The monoisotopic (exact) mass is 363 g/mol. The highest BCUT2D eigenvalue weighted by Crippen LogP contribution is 2.32. The molecule has 3 rings (SSSR count). The summed E-state index contributed by atoms with van der Waals surface area (Å²) >= 11 is 3.30. The molecule has 2 aromatic rings. The van der Waals surface area contributed by atoms with Crippen molar-refractivity contribution in [2.45, 2.75) is 25.4 Å². The lowest BCUT2D eigenvalue weighted by molar-refractivity contribution is 0.0725. The standard InChI is InChI=1S/C17H15BrFNO2/c18-12-5-8-16(21)14(9-12)17(22)20(13-6-7-13)10-11-3-1-2-4-15(11)19/h1-5,8-9,13,21H,6-7,10H2. The van der Waals surface area contributed by atoms with Gasteiger partial charge < -0.3 is 10.0 Å². The highest BCUT2D eigenvalue weighted by molar-refractivity contribution is 9.10. The summed E-state index contributed by atoms with van der Waals surface area (Å²) in [6.07, 6.45) is 1.82. The second kappa shape index (κ2) is 6.08. The van der Waals surface area contributed by atoms with Gasteiger partial charge in [0.25, 0.3) is 5.91 Å². The van der Waals surface area contributed by atoms with Crippen LogP contribution in [0.1, 0.15) is 28.8 Å². The van der Waals surface area contributed by atoms with Gasteiger partial charge in [-0.1, -0.05) is 34.1 Å². The Labute approximate surface area is 136 Å². The number of hydrogen-bond acceptors (Lipinski definition) is 2. The van der Waals surface area contributed by atoms with E-state index in [1.165, 1.54) is 12.1 Å². The summed E-state index contributed by atoms with van der Waals surface area (Å²) in [5, 5.41) is 9.93. The number of amides is 1. The van der Waals surface area contributed by atoms with Gasteiger partial charge in [-0.25, -0.2) is 4.39 Å². The Morgan fingerprint density at radius 3 is 2.68 bits per heavy atom. The minimum absolute atomic E-state index is 0.0626. The van der Waals surface area contributed by atoms with E-state index in [1.807, 2.05) is 0 Å². The second-order valence-corrected chi connectivity index (χ2v) is 6.33. The van der Waals surface area contributed by atoms with E-state index in [-0.39, 0.29) is 35.6 Å². The number of carbonyl (C=O) groups excluding carboxylic acids is 1. The fourth-order valence-corrected chi connectivity index (χ4v) is 2.76. The van der Waals surface area contributed by atoms with Crippen LogP contribution in [0.2, 0.25) is 0 Å². The van der Waals surface area contributed by atoms with E-state index in [0.717, 1.165) is 17.3 Å². The SMILES string of the molecule is O=C(c1cc(Br)ccc1O)N(Cc1ccccc1F)C1CC1. The van der Waals surface area contributed by atoms with Crippen molar-refractivity contribution in [1.82, 2.24) is 4.90 Å². The number of phenols is 1. The highest BCUT2D eigenvalue weighted by atomic mass is 79.9. The minimum atomic E-state index is -0.320. The molecular formula is C17H15BrFNO2. The number of aromatic hydroxyl groups is 1. The van der Waals surface area contributed by atoms with Crippen molar-refractivity contribution in [2.24, 2.45) is 0 Å². The molecule has 0 unspecified atom stereocenters. The quantitative estimate of drug-likeness (QED) is 0.888. The topological polar surface area (TPSA) is 40.5 Å². The summed E-state index contributed by atoms with van der Waals surface area (Å²) < 4.78 is 14.6. The molecule has 1 aliphatic rings. The van der Waals surface area contributed by atoms with Crippen LogP contribution in [0.15, 0.2) is 46.9 Å². The van der Waals surface area contributed by atoms with Gasteiger partial charge >= 0.3 is 0 Å². The molecule has 3 nitrogen and oxygen atoms in total. The first kappa shape index (κ1) is 15.0. The molecule has 0 radical (unpaired) electrons. The molecule has 1 fully saturated rings. The van der Waals surface area contributed by atoms with Crippen LogP contribution >= 0.6 is 15.9 Å². The fourth-order valence-electron chi connectivity index (χ4n) is 2.40. The van der Waals surface area contributed by atoms with Crippen molar-refractivity contribution in [3.8, 4) is 5.75 Å². The van der Waals surface area contributed by atoms with Gasteiger partial charge in [-0.05, 0) is 37.1 Å². The van der Waals surface area contributed by atoms with Gasteiger partial charge in [-0.3, -0.25) is 4.79 Å². The van der Waals surface area contributed by atoms with E-state index < -0.39 is 0 Å². The molecule has 0 aromatic heterocycles. The first-order valence-electron chi connectivity index (χ1n) is 7.09. The van der Waals surface area contributed by atoms with Crippen LogP contribution in [-0.4, -0.2) is 22.0 Å². The third-order valence-electron chi connectivity index (χ3n) is 3.74. The molecular weight excluding hydrogens is 349 g/mol. The zero-order valence-corrected chi connectivity index (χ0v) is 13.4. The molecule has 0 saturated heterocycles. The molecule has 2 aromatic carbocycles. The smallest absolute Gasteiger partial charge is 0.258 e. The van der Waals surface area contributed by atoms with Gasteiger partial charge in [0, 0.05) is 22.6 Å². The van der Waals surface area contributed by atoms with E-state index in [1.54, 1.807) is 35.2 Å². The third kappa shape index (κ3) is 3.14. The Morgan fingerprint density at radius 1 is 1.27 bits per heavy atom. The van der Waals surface area contributed by atoms with Gasteiger partial charge in [0.2, 0.25) is 0 Å². The van der Waals surface area contributed by atoms with Crippen molar-refractivity contribution in [3.63, 3.8) is 0 Å². The lowest BCUT2D eigenvalue weighted by Gasteiger charge is -2.23. The summed E-state index contributed by atoms with van der Waals surface area (Å²) in [7, 11) is 0. The Hall–Kier alpha value is -1.88. The maximum absolute atomic E-state index is 13.8. The molecule has 0 atom stereocenters. The summed E-state index contributed by atoms with van der Waals surface area (Å²) in [5.41, 5.74) is 0.717. The van der Waals surface area contributed by atoms with Crippen LogP contribution in [0.25, 0.3) is 0 Å². The summed E-state index contributed by atoms with van der Waals surface area (Å²) in [6.45, 7) is 0.210. The number of phenolic OH excluding ortho intramolecular Hbond substituents is 1. The van der Waals surface area contributed by atoms with Crippen LogP contribution < -0.4 is 0 Å². The average Bonchev–Trinajstić information content (AvgIpc) is 3.33. The number of rotatable bonds is 4. The van der Waals surface area contributed by atoms with Crippen LogP contribution in [0.3, 0.4) is 0 Å². The van der Waals surface area contributed by atoms with Crippen molar-refractivity contribution in [2.75, 3.05) is 0 Å². The molecule has 1 saturated carbocycles. The third-order valence-corrected chi connectivity index (χ3v) is 4.23. The average molecular weight is 364 g/mol. The number of carbonyl (C=O) groups is 1. The van der Waals surface area contributed by atoms with Gasteiger partial charge in [-0.15, -0.1) is 0 Å². The van der Waals surface area contributed by atoms with E-state index >= 15 is 0 Å². The molecule has 22 heavy (non-hydrogen) atoms. The number of benzene rings is 2. The Morgan fingerprint density at radius 2 is 2.00 bits per heavy atom. The molecule has 0 heterocycles. The summed E-state index contributed by atoms with van der Waals surface area (Å²) in [5.74, 6) is -0.656. The normalized spacial score (nSPS) is 13.9. The van der Waals surface area contributed by atoms with Crippen LogP contribution in [0.4, 0.5) is 4.39 Å². The lowest BCUT2D eigenvalue weighted by atomic mass is 10.1. The first-order valence-corrected chi connectivity index (χ1v) is 7.88. The van der Waals surface area contributed by atoms with Crippen molar-refractivity contribution >= 4 is 21.8 Å². The second-order valence-electron chi connectivity index (χ2n) is 5.42. The molecule has 1 N–H and O–H groups in total. The maximum Gasteiger partial charge on any atom is 0.258 e. The largest absolute Gasteiger partial charge is 0.507 e. The molecule has 114 valence electrons. The fraction of sp³-hybridized carbons (Fsp3) is 0.235. The van der Waals surface area contributed by atoms with Gasteiger partial charge in [0.05, 0.1) is 5.56 Å². The Bertz CT molecular complexity index is 716. The van der Waals surface area contributed by atoms with Gasteiger partial charge in [0.15, 0.2) is 0 Å². The molecule has 1 aliphatic carbocycles.